The Morgan fingerprint density at radius 3 is 2.72 bits per heavy atom. The highest BCUT2D eigenvalue weighted by atomic mass is 32.2. The van der Waals surface area contributed by atoms with E-state index in [-0.39, 0.29) is 35.6 Å². The van der Waals surface area contributed by atoms with Crippen LogP contribution in [0.1, 0.15) is 33.1 Å². The minimum Gasteiger partial charge on any atom is -0.324 e. The van der Waals surface area contributed by atoms with E-state index < -0.39 is 0 Å². The molecule has 2 amide bonds. The maximum atomic E-state index is 13.3. The van der Waals surface area contributed by atoms with Crippen LogP contribution in [0.3, 0.4) is 0 Å². The molecule has 8 heteroatoms. The molecule has 3 aromatic rings. The van der Waals surface area contributed by atoms with E-state index >= 15 is 0 Å². The van der Waals surface area contributed by atoms with Gasteiger partial charge in [-0.1, -0.05) is 49.4 Å². The maximum absolute atomic E-state index is 13.3. The molecule has 32 heavy (non-hydrogen) atoms. The number of aromatic nitrogens is 2. The molecule has 2 heterocycles. The number of amides is 2. The molecule has 1 aliphatic heterocycles. The number of nitrogens with one attached hydrogen (secondary N) is 1. The van der Waals surface area contributed by atoms with Crippen LogP contribution < -0.4 is 15.8 Å². The molecule has 0 unspecified atom stereocenters. The van der Waals surface area contributed by atoms with Gasteiger partial charge in [-0.25, -0.2) is 4.98 Å². The molecular weight excluding hydrogens is 424 g/mol. The van der Waals surface area contributed by atoms with Gasteiger partial charge in [-0.3, -0.25) is 19.0 Å². The largest absolute Gasteiger partial charge is 0.324 e. The van der Waals surface area contributed by atoms with E-state index in [1.807, 2.05) is 43.3 Å². The smallest absolute Gasteiger partial charge is 0.262 e. The van der Waals surface area contributed by atoms with Gasteiger partial charge in [0.15, 0.2) is 5.16 Å². The summed E-state index contributed by atoms with van der Waals surface area (Å²) >= 11 is 1.27. The lowest BCUT2D eigenvalue weighted by Crippen LogP contribution is -2.40. The molecule has 0 bridgehead atoms. The Morgan fingerprint density at radius 2 is 1.91 bits per heavy atom. The first-order valence-electron chi connectivity index (χ1n) is 10.8. The number of rotatable bonds is 6. The summed E-state index contributed by atoms with van der Waals surface area (Å²) in [5, 5.41) is 4.00. The van der Waals surface area contributed by atoms with Gasteiger partial charge in [-0.15, -0.1) is 0 Å². The third-order valence-electron chi connectivity index (χ3n) is 5.51. The second-order valence-electron chi connectivity index (χ2n) is 7.89. The van der Waals surface area contributed by atoms with E-state index in [4.69, 9.17) is 0 Å². The maximum Gasteiger partial charge on any atom is 0.262 e. The van der Waals surface area contributed by atoms with Crippen molar-refractivity contribution < 1.29 is 9.59 Å². The third-order valence-corrected chi connectivity index (χ3v) is 6.48. The standard InChI is InChI=1S/C24H26N4O3S/c1-3-4-13-27-23(31)17-9-5-6-10-18(17)26-24(27)32-15-22(30)28-16(2)14-21(29)25-19-11-7-8-12-20(19)28/h5-12,16H,3-4,13-15H2,1-2H3,(H,25,29)/t16-/m1/s1. The SMILES string of the molecule is CCCCn1c(SCC(=O)N2c3ccccc3NC(=O)C[C@H]2C)nc2ccccc2c1=O. The van der Waals surface area contributed by atoms with E-state index in [2.05, 4.69) is 17.2 Å². The number of fused-ring (bicyclic) bond motifs is 2. The Kier molecular flexibility index (Phi) is 6.60. The number of thioether (sulfide) groups is 1. The van der Waals surface area contributed by atoms with Crippen molar-refractivity contribution in [3.8, 4) is 0 Å². The highest BCUT2D eigenvalue weighted by Gasteiger charge is 2.29. The fourth-order valence-electron chi connectivity index (χ4n) is 3.93. The van der Waals surface area contributed by atoms with Crippen LogP contribution in [0.25, 0.3) is 10.9 Å². The summed E-state index contributed by atoms with van der Waals surface area (Å²) in [4.78, 5) is 45.0. The molecule has 0 fully saturated rings. The van der Waals surface area contributed by atoms with Crippen molar-refractivity contribution in [1.29, 1.82) is 0 Å². The summed E-state index contributed by atoms with van der Waals surface area (Å²) in [5.41, 5.74) is 1.86. The van der Waals surface area contributed by atoms with Gasteiger partial charge in [0, 0.05) is 19.0 Å². The molecule has 1 atom stereocenters. The first-order valence-corrected chi connectivity index (χ1v) is 11.8. The number of carbonyl (C=O) groups excluding carboxylic acids is 2. The van der Waals surface area contributed by atoms with Crippen molar-refractivity contribution in [3.05, 3.63) is 58.9 Å². The fourth-order valence-corrected chi connectivity index (χ4v) is 4.82. The van der Waals surface area contributed by atoms with Crippen LogP contribution >= 0.6 is 11.8 Å². The summed E-state index contributed by atoms with van der Waals surface area (Å²) < 4.78 is 1.68. The van der Waals surface area contributed by atoms with E-state index in [1.54, 1.807) is 21.6 Å². The highest BCUT2D eigenvalue weighted by Crippen LogP contribution is 2.32. The van der Waals surface area contributed by atoms with Gasteiger partial charge < -0.3 is 10.2 Å². The van der Waals surface area contributed by atoms with Gasteiger partial charge >= 0.3 is 0 Å². The lowest BCUT2D eigenvalue weighted by Gasteiger charge is -2.27. The quantitative estimate of drug-likeness (QED) is 0.452. The molecule has 0 saturated heterocycles. The van der Waals surface area contributed by atoms with Gasteiger partial charge in [0.25, 0.3) is 5.56 Å². The number of hydrogen-bond acceptors (Lipinski definition) is 5. The molecule has 0 spiro atoms. The lowest BCUT2D eigenvalue weighted by atomic mass is 10.2. The number of anilines is 2. The second-order valence-corrected chi connectivity index (χ2v) is 8.84. The molecule has 0 saturated carbocycles. The number of para-hydroxylation sites is 3. The number of carbonyl (C=O) groups is 2. The summed E-state index contributed by atoms with van der Waals surface area (Å²) in [6.45, 7) is 4.50. The molecule has 7 nitrogen and oxygen atoms in total. The van der Waals surface area contributed by atoms with Crippen molar-refractivity contribution in [2.24, 2.45) is 0 Å². The first-order chi connectivity index (χ1) is 15.5. The van der Waals surface area contributed by atoms with Crippen LogP contribution in [0.2, 0.25) is 0 Å². The van der Waals surface area contributed by atoms with E-state index in [0.717, 1.165) is 12.8 Å². The monoisotopic (exact) mass is 450 g/mol. The van der Waals surface area contributed by atoms with Gasteiger partial charge in [-0.2, -0.15) is 0 Å². The van der Waals surface area contributed by atoms with Crippen LogP contribution in [0.15, 0.2) is 58.5 Å². The Morgan fingerprint density at radius 1 is 1.16 bits per heavy atom. The lowest BCUT2D eigenvalue weighted by molar-refractivity contribution is -0.117. The predicted molar refractivity (Wildman–Crippen MR) is 128 cm³/mol. The molecule has 4 rings (SSSR count). The molecular formula is C24H26N4O3S. The summed E-state index contributed by atoms with van der Waals surface area (Å²) in [6, 6.07) is 14.3. The summed E-state index contributed by atoms with van der Waals surface area (Å²) in [5.74, 6) is -0.127. The Labute approximate surface area is 190 Å². The fraction of sp³-hybridized carbons (Fsp3) is 0.333. The molecule has 166 valence electrons. The Hall–Kier alpha value is -3.13. The second kappa shape index (κ2) is 9.56. The van der Waals surface area contributed by atoms with Crippen molar-refractivity contribution in [2.45, 2.75) is 50.9 Å². The normalized spacial score (nSPS) is 15.9. The predicted octanol–water partition coefficient (Wildman–Crippen LogP) is 4.05. The van der Waals surface area contributed by atoms with E-state index in [1.165, 1.54) is 11.8 Å². The van der Waals surface area contributed by atoms with Crippen LogP contribution in [-0.2, 0) is 16.1 Å². The van der Waals surface area contributed by atoms with Gasteiger partial charge in [0.1, 0.15) is 0 Å². The first kappa shape index (κ1) is 22.1. The van der Waals surface area contributed by atoms with Gasteiger partial charge in [-0.05, 0) is 37.6 Å². The van der Waals surface area contributed by atoms with Crippen LogP contribution in [-0.4, -0.2) is 33.2 Å². The number of hydrogen-bond donors (Lipinski definition) is 1. The zero-order chi connectivity index (χ0) is 22.7. The van der Waals surface area contributed by atoms with Gasteiger partial charge in [0.2, 0.25) is 11.8 Å². The number of benzene rings is 2. The van der Waals surface area contributed by atoms with E-state index in [9.17, 15) is 14.4 Å². The zero-order valence-electron chi connectivity index (χ0n) is 18.2. The minimum atomic E-state index is -0.279. The molecule has 0 radical (unpaired) electrons. The van der Waals surface area contributed by atoms with Gasteiger partial charge in [0.05, 0.1) is 28.0 Å². The average molecular weight is 451 g/mol. The molecule has 0 aliphatic carbocycles. The van der Waals surface area contributed by atoms with Crippen LogP contribution in [0.5, 0.6) is 0 Å². The minimum absolute atomic E-state index is 0.0812. The number of nitrogens with zero attached hydrogens (tertiary/aromatic N) is 3. The highest BCUT2D eigenvalue weighted by molar-refractivity contribution is 7.99. The number of unbranched alkanes of at least 4 members (excludes halogenated alkanes) is 1. The molecule has 2 aromatic carbocycles. The Balaban J connectivity index is 1.64. The van der Waals surface area contributed by atoms with Crippen molar-refractivity contribution in [1.82, 2.24) is 9.55 Å². The van der Waals surface area contributed by atoms with Crippen molar-refractivity contribution in [2.75, 3.05) is 16.0 Å². The summed E-state index contributed by atoms with van der Waals surface area (Å²) in [6.07, 6.45) is 2.03. The van der Waals surface area contributed by atoms with Crippen molar-refractivity contribution in [3.63, 3.8) is 0 Å². The zero-order valence-corrected chi connectivity index (χ0v) is 19.0. The Bertz CT molecular complexity index is 1220. The topological polar surface area (TPSA) is 84.3 Å². The van der Waals surface area contributed by atoms with E-state index in [0.29, 0.717) is 34.0 Å². The third kappa shape index (κ3) is 4.41. The van der Waals surface area contributed by atoms with Crippen LogP contribution in [0.4, 0.5) is 11.4 Å². The molecule has 1 N–H and O–H groups in total. The molecule has 1 aliphatic rings. The summed E-state index contributed by atoms with van der Waals surface area (Å²) in [7, 11) is 0. The van der Waals surface area contributed by atoms with Crippen LogP contribution in [0, 0.1) is 0 Å². The van der Waals surface area contributed by atoms with Crippen molar-refractivity contribution >= 4 is 45.9 Å². The average Bonchev–Trinajstić information content (AvgIpc) is 2.91. The molecule has 1 aromatic heterocycles.